The summed E-state index contributed by atoms with van der Waals surface area (Å²) in [5.41, 5.74) is 6.92. The lowest BCUT2D eigenvalue weighted by Crippen LogP contribution is -2.41. The third-order valence-electron chi connectivity index (χ3n) is 3.48. The summed E-state index contributed by atoms with van der Waals surface area (Å²) in [6.07, 6.45) is 0.716. The third-order valence-corrected chi connectivity index (χ3v) is 5.26. The van der Waals surface area contributed by atoms with E-state index in [0.717, 1.165) is 0 Å². The van der Waals surface area contributed by atoms with Crippen molar-refractivity contribution >= 4 is 22.4 Å². The topological polar surface area (TPSA) is 90.0 Å². The van der Waals surface area contributed by atoms with Gasteiger partial charge < -0.3 is 5.73 Å². The smallest absolute Gasteiger partial charge is 0.244 e. The van der Waals surface area contributed by atoms with Crippen molar-refractivity contribution < 1.29 is 8.42 Å². The maximum Gasteiger partial charge on any atom is 0.244 e. The number of sulfonamides is 1. The average molecular weight is 367 g/mol. The van der Waals surface area contributed by atoms with Crippen molar-refractivity contribution in [1.29, 1.82) is 0 Å². The molecule has 23 heavy (non-hydrogen) atoms. The van der Waals surface area contributed by atoms with E-state index in [-0.39, 0.29) is 29.9 Å². The summed E-state index contributed by atoms with van der Waals surface area (Å²) < 4.78 is 29.9. The van der Waals surface area contributed by atoms with E-state index in [4.69, 9.17) is 5.73 Å². The third kappa shape index (κ3) is 6.06. The van der Waals surface area contributed by atoms with Gasteiger partial charge in [0, 0.05) is 19.1 Å². The van der Waals surface area contributed by atoms with Gasteiger partial charge in [-0.2, -0.15) is 5.10 Å². The second-order valence-electron chi connectivity index (χ2n) is 6.76. The molecule has 3 N–H and O–H groups in total. The Hall–Kier alpha value is -0.630. The molecular weight excluding hydrogens is 336 g/mol. The monoisotopic (exact) mass is 366 g/mol. The highest BCUT2D eigenvalue weighted by Crippen LogP contribution is 2.21. The lowest BCUT2D eigenvalue weighted by Gasteiger charge is -2.19. The second-order valence-corrected chi connectivity index (χ2v) is 8.41. The molecule has 0 aliphatic rings. The van der Waals surface area contributed by atoms with Crippen molar-refractivity contribution in [2.45, 2.75) is 65.4 Å². The van der Waals surface area contributed by atoms with E-state index in [0.29, 0.717) is 36.2 Å². The number of hydrogen-bond donors (Lipinski definition) is 2. The van der Waals surface area contributed by atoms with E-state index < -0.39 is 10.0 Å². The molecule has 0 aromatic carbocycles. The fourth-order valence-corrected chi connectivity index (χ4v) is 4.31. The van der Waals surface area contributed by atoms with Gasteiger partial charge in [-0.1, -0.05) is 27.7 Å². The fraction of sp³-hybridized carbons (Fsp3) is 0.800. The molecular formula is C15H31ClN4O2S. The Bertz CT molecular complexity index is 597. The Morgan fingerprint density at radius 2 is 1.74 bits per heavy atom. The highest BCUT2D eigenvalue weighted by Gasteiger charge is 2.27. The van der Waals surface area contributed by atoms with Gasteiger partial charge >= 0.3 is 0 Å². The van der Waals surface area contributed by atoms with Crippen molar-refractivity contribution in [3.05, 3.63) is 11.4 Å². The Labute approximate surface area is 146 Å². The number of aromatic nitrogens is 2. The molecule has 8 heteroatoms. The standard InChI is InChI=1S/C15H30N4O2S.ClH/c1-10(2)7-14(8-16)18-22(20,21)15-12(5)17-19(13(15)6)9-11(3)4;/h10-11,14,18H,7-9,16H2,1-6H3;1H. The van der Waals surface area contributed by atoms with E-state index in [1.165, 1.54) is 0 Å². The number of rotatable bonds is 8. The molecule has 1 atom stereocenters. The fourth-order valence-electron chi connectivity index (χ4n) is 2.63. The van der Waals surface area contributed by atoms with Crippen molar-refractivity contribution in [2.75, 3.05) is 6.54 Å². The molecule has 1 aromatic heterocycles. The minimum Gasteiger partial charge on any atom is -0.329 e. The summed E-state index contributed by atoms with van der Waals surface area (Å²) in [4.78, 5) is 0.287. The van der Waals surface area contributed by atoms with Crippen LogP contribution in [-0.4, -0.2) is 30.8 Å². The lowest BCUT2D eigenvalue weighted by molar-refractivity contribution is 0.463. The molecule has 0 aliphatic carbocycles. The number of halogens is 1. The van der Waals surface area contributed by atoms with Crippen molar-refractivity contribution in [3.63, 3.8) is 0 Å². The molecule has 0 aliphatic heterocycles. The summed E-state index contributed by atoms with van der Waals surface area (Å²) in [5, 5.41) is 4.38. The number of aryl methyl sites for hydroxylation is 1. The molecule has 0 radical (unpaired) electrons. The van der Waals surface area contributed by atoms with Crippen molar-refractivity contribution in [3.8, 4) is 0 Å². The quantitative estimate of drug-likeness (QED) is 0.738. The van der Waals surface area contributed by atoms with Gasteiger partial charge in [0.1, 0.15) is 4.90 Å². The zero-order valence-corrected chi connectivity index (χ0v) is 16.6. The Kier molecular flexibility index (Phi) is 8.76. The summed E-state index contributed by atoms with van der Waals surface area (Å²) in [6, 6.07) is -0.253. The second kappa shape index (κ2) is 9.01. The Morgan fingerprint density at radius 1 is 1.17 bits per heavy atom. The van der Waals surface area contributed by atoms with E-state index >= 15 is 0 Å². The van der Waals surface area contributed by atoms with Gasteiger partial charge in [-0.05, 0) is 32.1 Å². The summed E-state index contributed by atoms with van der Waals surface area (Å²) in [5.74, 6) is 0.779. The van der Waals surface area contributed by atoms with Crippen LogP contribution in [0.5, 0.6) is 0 Å². The number of hydrogen-bond acceptors (Lipinski definition) is 4. The Balaban J connectivity index is 0.00000484. The maximum atomic E-state index is 12.7. The van der Waals surface area contributed by atoms with Crippen LogP contribution in [0.2, 0.25) is 0 Å². The first kappa shape index (κ1) is 22.4. The average Bonchev–Trinajstić information content (AvgIpc) is 2.62. The molecule has 0 bridgehead atoms. The van der Waals surface area contributed by atoms with E-state index in [2.05, 4.69) is 23.7 Å². The van der Waals surface area contributed by atoms with Gasteiger partial charge in [0.05, 0.1) is 11.4 Å². The van der Waals surface area contributed by atoms with Crippen LogP contribution in [0.15, 0.2) is 4.90 Å². The van der Waals surface area contributed by atoms with Crippen molar-refractivity contribution in [1.82, 2.24) is 14.5 Å². The molecule has 1 unspecified atom stereocenters. The lowest BCUT2D eigenvalue weighted by atomic mass is 10.1. The van der Waals surface area contributed by atoms with Crippen LogP contribution in [0.25, 0.3) is 0 Å². The van der Waals surface area contributed by atoms with Crippen LogP contribution >= 0.6 is 12.4 Å². The zero-order valence-electron chi connectivity index (χ0n) is 15.0. The van der Waals surface area contributed by atoms with Gasteiger partial charge in [-0.15, -0.1) is 12.4 Å². The van der Waals surface area contributed by atoms with Crippen LogP contribution in [0, 0.1) is 25.7 Å². The molecule has 6 nitrogen and oxygen atoms in total. The SMILES string of the molecule is Cc1nn(CC(C)C)c(C)c1S(=O)(=O)NC(CN)CC(C)C.Cl. The summed E-state index contributed by atoms with van der Waals surface area (Å²) >= 11 is 0. The first-order chi connectivity index (χ1) is 10.1. The molecule has 1 aromatic rings. The first-order valence-corrected chi connectivity index (χ1v) is 9.33. The minimum absolute atomic E-state index is 0. The van der Waals surface area contributed by atoms with Crippen LogP contribution in [0.3, 0.4) is 0 Å². The molecule has 0 amide bonds. The van der Waals surface area contributed by atoms with Crippen LogP contribution in [-0.2, 0) is 16.6 Å². The molecule has 136 valence electrons. The maximum absolute atomic E-state index is 12.7. The Morgan fingerprint density at radius 3 is 2.17 bits per heavy atom. The predicted molar refractivity (Wildman–Crippen MR) is 96.4 cm³/mol. The molecule has 1 rings (SSSR count). The molecule has 0 spiro atoms. The van der Waals surface area contributed by atoms with Gasteiger partial charge in [-0.25, -0.2) is 13.1 Å². The molecule has 0 saturated carbocycles. The summed E-state index contributed by atoms with van der Waals surface area (Å²) in [6.45, 7) is 12.8. The van der Waals surface area contributed by atoms with Crippen LogP contribution in [0.4, 0.5) is 0 Å². The van der Waals surface area contributed by atoms with E-state index in [1.807, 2.05) is 13.8 Å². The molecule has 0 fully saturated rings. The van der Waals surface area contributed by atoms with Gasteiger partial charge in [0.2, 0.25) is 10.0 Å². The van der Waals surface area contributed by atoms with E-state index in [9.17, 15) is 8.42 Å². The van der Waals surface area contributed by atoms with E-state index in [1.54, 1.807) is 18.5 Å². The number of nitrogens with one attached hydrogen (secondary N) is 1. The normalized spacial score (nSPS) is 13.4. The van der Waals surface area contributed by atoms with Gasteiger partial charge in [-0.3, -0.25) is 4.68 Å². The predicted octanol–water partition coefficient (Wildman–Crippen LogP) is 2.23. The number of nitrogens with two attached hydrogens (primary N) is 1. The highest BCUT2D eigenvalue weighted by atomic mass is 35.5. The van der Waals surface area contributed by atoms with Crippen LogP contribution in [0.1, 0.15) is 45.5 Å². The van der Waals surface area contributed by atoms with Gasteiger partial charge in [0.15, 0.2) is 0 Å². The largest absolute Gasteiger partial charge is 0.329 e. The highest BCUT2D eigenvalue weighted by molar-refractivity contribution is 7.89. The minimum atomic E-state index is -3.61. The van der Waals surface area contributed by atoms with Crippen molar-refractivity contribution in [2.24, 2.45) is 17.6 Å². The van der Waals surface area contributed by atoms with Gasteiger partial charge in [0.25, 0.3) is 0 Å². The van der Waals surface area contributed by atoms with Crippen LogP contribution < -0.4 is 10.5 Å². The first-order valence-electron chi connectivity index (χ1n) is 7.84. The molecule has 1 heterocycles. The summed E-state index contributed by atoms with van der Waals surface area (Å²) in [7, 11) is -3.61. The molecule has 0 saturated heterocycles. The number of nitrogens with zero attached hydrogens (tertiary/aromatic N) is 2. The zero-order chi connectivity index (χ0) is 17.1.